The van der Waals surface area contributed by atoms with E-state index in [2.05, 4.69) is 10.2 Å². The summed E-state index contributed by atoms with van der Waals surface area (Å²) in [6.45, 7) is 1.41. The van der Waals surface area contributed by atoms with Gasteiger partial charge in [-0.25, -0.2) is 0 Å². The molecule has 0 aliphatic carbocycles. The van der Waals surface area contributed by atoms with Gasteiger partial charge in [0, 0.05) is 6.92 Å². The van der Waals surface area contributed by atoms with E-state index in [-0.39, 0.29) is 11.7 Å². The molecule has 0 aromatic heterocycles. The molecule has 2 rings (SSSR count). The molecule has 0 bridgehead atoms. The third-order valence-corrected chi connectivity index (χ3v) is 2.06. The Hall–Kier alpha value is -2.30. The van der Waals surface area contributed by atoms with Gasteiger partial charge >= 0.3 is 0 Å². The molecule has 0 saturated heterocycles. The topological polar surface area (TPSA) is 62.1 Å². The number of nitrogens with zero attached hydrogens (tertiary/aromatic N) is 3. The first-order valence-corrected chi connectivity index (χ1v) is 4.71. The Morgan fingerprint density at radius 2 is 1.88 bits per heavy atom. The van der Waals surface area contributed by atoms with Crippen molar-refractivity contribution in [1.29, 1.82) is 0 Å². The van der Waals surface area contributed by atoms with Crippen LogP contribution in [0.25, 0.3) is 0 Å². The highest BCUT2D eigenvalue weighted by atomic mass is 16.2. The molecule has 1 aliphatic rings. The van der Waals surface area contributed by atoms with Gasteiger partial charge in [-0.2, -0.15) is 0 Å². The number of anilines is 1. The van der Waals surface area contributed by atoms with Gasteiger partial charge in [0.05, 0.1) is 11.8 Å². The number of hydrogen-bond acceptors (Lipinski definition) is 3. The van der Waals surface area contributed by atoms with Crippen molar-refractivity contribution >= 4 is 17.5 Å². The zero-order chi connectivity index (χ0) is 11.5. The molecule has 0 radical (unpaired) electrons. The van der Waals surface area contributed by atoms with Gasteiger partial charge in [-0.3, -0.25) is 14.5 Å². The summed E-state index contributed by atoms with van der Waals surface area (Å²) < 4.78 is 0. The average molecular weight is 215 g/mol. The summed E-state index contributed by atoms with van der Waals surface area (Å²) in [6.07, 6.45) is 1.23. The molecule has 1 heterocycles. The van der Waals surface area contributed by atoms with E-state index in [4.69, 9.17) is 0 Å². The Balaban J connectivity index is 2.40. The fourth-order valence-corrected chi connectivity index (χ4v) is 1.43. The second kappa shape index (κ2) is 4.06. The monoisotopic (exact) mass is 215 g/mol. The summed E-state index contributed by atoms with van der Waals surface area (Å²) in [6, 6.07) is 8.98. The molecule has 5 heteroatoms. The highest BCUT2D eigenvalue weighted by Crippen LogP contribution is 2.22. The minimum Gasteiger partial charge on any atom is -0.274 e. The highest BCUT2D eigenvalue weighted by Gasteiger charge is 2.20. The number of hydrogen-bond donors (Lipinski definition) is 0. The van der Waals surface area contributed by atoms with E-state index in [1.54, 1.807) is 24.3 Å². The quantitative estimate of drug-likeness (QED) is 0.756. The molecule has 80 valence electrons. The largest absolute Gasteiger partial charge is 0.292 e. The molecule has 0 saturated carbocycles. The van der Waals surface area contributed by atoms with E-state index in [9.17, 15) is 9.59 Å². The minimum atomic E-state index is -0.447. The molecule has 0 spiro atoms. The van der Waals surface area contributed by atoms with Crippen molar-refractivity contribution in [3.63, 3.8) is 0 Å². The van der Waals surface area contributed by atoms with Crippen molar-refractivity contribution in [2.45, 2.75) is 6.92 Å². The fourth-order valence-electron chi connectivity index (χ4n) is 1.43. The lowest BCUT2D eigenvalue weighted by Gasteiger charge is -2.18. The molecule has 1 aromatic carbocycles. The summed E-state index contributed by atoms with van der Waals surface area (Å²) >= 11 is 0. The third kappa shape index (κ3) is 1.88. The Kier molecular flexibility index (Phi) is 2.59. The van der Waals surface area contributed by atoms with Crippen LogP contribution < -0.4 is 4.90 Å². The van der Waals surface area contributed by atoms with E-state index in [0.29, 0.717) is 5.69 Å². The van der Waals surface area contributed by atoms with Crippen LogP contribution in [-0.2, 0) is 9.59 Å². The van der Waals surface area contributed by atoms with Crippen LogP contribution in [-0.4, -0.2) is 11.8 Å². The maximum atomic E-state index is 11.5. The molecule has 0 unspecified atom stereocenters. The van der Waals surface area contributed by atoms with Crippen molar-refractivity contribution in [3.05, 3.63) is 42.2 Å². The number of rotatable bonds is 2. The molecule has 2 amide bonds. The highest BCUT2D eigenvalue weighted by molar-refractivity contribution is 5.99. The lowest BCUT2D eigenvalue weighted by Crippen LogP contribution is -2.26. The van der Waals surface area contributed by atoms with Crippen molar-refractivity contribution < 1.29 is 9.59 Å². The van der Waals surface area contributed by atoms with Gasteiger partial charge in [-0.1, -0.05) is 18.2 Å². The summed E-state index contributed by atoms with van der Waals surface area (Å²) in [7, 11) is 0. The van der Waals surface area contributed by atoms with Gasteiger partial charge in [0.15, 0.2) is 5.82 Å². The molecule has 16 heavy (non-hydrogen) atoms. The van der Waals surface area contributed by atoms with E-state index < -0.39 is 5.91 Å². The molecular weight excluding hydrogens is 206 g/mol. The number of carbonyl (C=O) groups is 2. The first kappa shape index (κ1) is 10.2. The maximum Gasteiger partial charge on any atom is 0.292 e. The molecule has 1 aliphatic heterocycles. The van der Waals surface area contributed by atoms with Crippen LogP contribution in [0, 0.1) is 0 Å². The van der Waals surface area contributed by atoms with Crippen LogP contribution in [0.4, 0.5) is 5.69 Å². The number of benzene rings is 1. The third-order valence-electron chi connectivity index (χ3n) is 2.06. The standard InChI is InChI=1S/C11H9N3O2/c1-8(15)14(9-5-3-2-4-6-9)10-7-11(16)13-12-10/h2-7H,1H3. The maximum absolute atomic E-state index is 11.5. The Labute approximate surface area is 92.1 Å². The van der Waals surface area contributed by atoms with Gasteiger partial charge < -0.3 is 0 Å². The Bertz CT molecular complexity index is 491. The van der Waals surface area contributed by atoms with Crippen LogP contribution in [0.3, 0.4) is 0 Å². The van der Waals surface area contributed by atoms with Crippen LogP contribution in [0.2, 0.25) is 0 Å². The molecule has 5 nitrogen and oxygen atoms in total. The van der Waals surface area contributed by atoms with Crippen molar-refractivity contribution in [2.75, 3.05) is 4.90 Å². The van der Waals surface area contributed by atoms with Crippen LogP contribution >= 0.6 is 0 Å². The van der Waals surface area contributed by atoms with Crippen molar-refractivity contribution in [2.24, 2.45) is 10.2 Å². The molecule has 1 aromatic rings. The van der Waals surface area contributed by atoms with Crippen molar-refractivity contribution in [1.82, 2.24) is 0 Å². The van der Waals surface area contributed by atoms with E-state index in [1.165, 1.54) is 17.9 Å². The smallest absolute Gasteiger partial charge is 0.274 e. The SMILES string of the molecule is CC(=O)N(C1=CC(=O)N=N1)c1ccccc1. The lowest BCUT2D eigenvalue weighted by molar-refractivity contribution is -0.116. The zero-order valence-corrected chi connectivity index (χ0v) is 8.62. The summed E-state index contributed by atoms with van der Waals surface area (Å²) in [5.74, 6) is -0.410. The normalized spacial score (nSPS) is 13.8. The van der Waals surface area contributed by atoms with Gasteiger partial charge in [0.1, 0.15) is 0 Å². The number of amides is 2. The second-order valence-electron chi connectivity index (χ2n) is 3.23. The van der Waals surface area contributed by atoms with Gasteiger partial charge in [-0.05, 0) is 12.1 Å². The summed E-state index contributed by atoms with van der Waals surface area (Å²) in [5, 5.41) is 7.00. The van der Waals surface area contributed by atoms with Crippen molar-refractivity contribution in [3.8, 4) is 0 Å². The molecular formula is C11H9N3O2. The Morgan fingerprint density at radius 1 is 1.19 bits per heavy atom. The summed E-state index contributed by atoms with van der Waals surface area (Å²) in [5.41, 5.74) is 0.662. The first-order valence-electron chi connectivity index (χ1n) is 4.71. The van der Waals surface area contributed by atoms with E-state index in [0.717, 1.165) is 0 Å². The van der Waals surface area contributed by atoms with Gasteiger partial charge in [-0.15, -0.1) is 10.2 Å². The minimum absolute atomic E-state index is 0.217. The van der Waals surface area contributed by atoms with Gasteiger partial charge in [0.2, 0.25) is 5.91 Å². The number of para-hydroxylation sites is 1. The molecule has 0 N–H and O–H groups in total. The van der Waals surface area contributed by atoms with Crippen LogP contribution in [0.5, 0.6) is 0 Å². The van der Waals surface area contributed by atoms with Crippen LogP contribution in [0.15, 0.2) is 52.5 Å². The van der Waals surface area contributed by atoms with E-state index in [1.807, 2.05) is 6.07 Å². The average Bonchev–Trinajstić information content (AvgIpc) is 2.66. The van der Waals surface area contributed by atoms with E-state index >= 15 is 0 Å². The Morgan fingerprint density at radius 3 is 2.38 bits per heavy atom. The number of carbonyl (C=O) groups excluding carboxylic acids is 2. The predicted octanol–water partition coefficient (Wildman–Crippen LogP) is 1.87. The fraction of sp³-hybridized carbons (Fsp3) is 0.0909. The summed E-state index contributed by atoms with van der Waals surface area (Å²) in [4.78, 5) is 23.8. The molecule has 0 fully saturated rings. The lowest BCUT2D eigenvalue weighted by atomic mass is 10.3. The first-order chi connectivity index (χ1) is 7.68. The molecule has 0 atom stereocenters. The second-order valence-corrected chi connectivity index (χ2v) is 3.23. The predicted molar refractivity (Wildman–Crippen MR) is 57.5 cm³/mol. The van der Waals surface area contributed by atoms with Crippen LogP contribution in [0.1, 0.15) is 6.92 Å². The zero-order valence-electron chi connectivity index (χ0n) is 8.62. The van der Waals surface area contributed by atoms with Gasteiger partial charge in [0.25, 0.3) is 5.91 Å². The number of azo groups is 1.